The molecule has 0 atom stereocenters. The van der Waals surface area contributed by atoms with Gasteiger partial charge in [-0.3, -0.25) is 0 Å². The molecular formula is C9H18FY-. The fourth-order valence-corrected chi connectivity index (χ4v) is 1.08. The van der Waals surface area contributed by atoms with Gasteiger partial charge in [-0.1, -0.05) is 33.6 Å². The van der Waals surface area contributed by atoms with Crippen LogP contribution < -0.4 is 0 Å². The summed E-state index contributed by atoms with van der Waals surface area (Å²) in [6.45, 7) is 6.19. The van der Waals surface area contributed by atoms with E-state index in [0.29, 0.717) is 0 Å². The Bertz CT molecular complexity index is 58.0. The van der Waals surface area contributed by atoms with Crippen LogP contribution in [0.2, 0.25) is 0 Å². The van der Waals surface area contributed by atoms with E-state index in [9.17, 15) is 4.39 Å². The largest absolute Gasteiger partial charge is 0.456 e. The molecule has 1 radical (unpaired) electrons. The van der Waals surface area contributed by atoms with Gasteiger partial charge < -0.3 is 4.39 Å². The summed E-state index contributed by atoms with van der Waals surface area (Å²) in [7, 11) is 0. The van der Waals surface area contributed by atoms with Gasteiger partial charge in [0.25, 0.3) is 0 Å². The van der Waals surface area contributed by atoms with Crippen molar-refractivity contribution in [1.29, 1.82) is 0 Å². The van der Waals surface area contributed by atoms with Crippen LogP contribution in [0.1, 0.15) is 46.5 Å². The summed E-state index contributed by atoms with van der Waals surface area (Å²) in [5.41, 5.74) is 0. The molecule has 0 unspecified atom stereocenters. The van der Waals surface area contributed by atoms with Gasteiger partial charge in [-0.2, -0.15) is 6.17 Å². The summed E-state index contributed by atoms with van der Waals surface area (Å²) >= 11 is 0. The normalized spacial score (nSPS) is 19.6. The van der Waals surface area contributed by atoms with Crippen molar-refractivity contribution >= 4 is 0 Å². The summed E-state index contributed by atoms with van der Waals surface area (Å²) in [5.74, 6) is 0.759. The third-order valence-electron chi connectivity index (χ3n) is 1.82. The molecule has 0 aromatic rings. The average Bonchev–Trinajstić information content (AvgIpc) is 2.00. The summed E-state index contributed by atoms with van der Waals surface area (Å²) in [6.07, 6.45) is 3.78. The quantitative estimate of drug-likeness (QED) is 0.560. The summed E-state index contributed by atoms with van der Waals surface area (Å²) < 4.78 is 12.3. The number of hydrogen-bond donors (Lipinski definition) is 0. The maximum atomic E-state index is 12.3. The van der Waals surface area contributed by atoms with Gasteiger partial charge in [0, 0.05) is 32.7 Å². The Kier molecular flexibility index (Phi) is 12.1. The molecule has 0 saturated heterocycles. The summed E-state index contributed by atoms with van der Waals surface area (Å²) in [4.78, 5) is 0. The van der Waals surface area contributed by atoms with Crippen LogP contribution in [0.3, 0.4) is 0 Å². The molecule has 0 amide bonds. The smallest absolute Gasteiger partial charge is 0 e. The topological polar surface area (TPSA) is 0 Å². The van der Waals surface area contributed by atoms with E-state index in [4.69, 9.17) is 0 Å². The molecule has 1 fully saturated rings. The Morgan fingerprint density at radius 3 is 1.82 bits per heavy atom. The van der Waals surface area contributed by atoms with E-state index in [2.05, 4.69) is 6.92 Å². The Hall–Kier alpha value is 1.03. The van der Waals surface area contributed by atoms with Crippen LogP contribution in [0.15, 0.2) is 0 Å². The molecule has 1 aliphatic carbocycles. The van der Waals surface area contributed by atoms with E-state index in [-0.39, 0.29) is 38.9 Å². The van der Waals surface area contributed by atoms with Crippen molar-refractivity contribution in [3.05, 3.63) is 6.17 Å². The van der Waals surface area contributed by atoms with Gasteiger partial charge in [-0.05, 0) is 5.92 Å². The van der Waals surface area contributed by atoms with Crippen LogP contribution >= 0.6 is 0 Å². The first-order chi connectivity index (χ1) is 4.79. The summed E-state index contributed by atoms with van der Waals surface area (Å²) in [6, 6.07) is 0. The predicted octanol–water partition coefficient (Wildman–Crippen LogP) is 3.72. The second-order valence-electron chi connectivity index (χ2n) is 2.70. The minimum absolute atomic E-state index is 0. The van der Waals surface area contributed by atoms with Gasteiger partial charge in [0.1, 0.15) is 0 Å². The third kappa shape index (κ3) is 7.40. The Labute approximate surface area is 95.2 Å². The molecule has 0 bridgehead atoms. The molecule has 0 N–H and O–H groups in total. The van der Waals surface area contributed by atoms with Gasteiger partial charge in [-0.25, -0.2) is 0 Å². The monoisotopic (exact) mass is 234 g/mol. The van der Waals surface area contributed by atoms with E-state index in [1.165, 1.54) is 0 Å². The van der Waals surface area contributed by atoms with Crippen LogP contribution in [0.5, 0.6) is 0 Å². The maximum Gasteiger partial charge on any atom is 0 e. The minimum Gasteiger partial charge on any atom is -0.456 e. The van der Waals surface area contributed by atoms with Crippen LogP contribution in [-0.2, 0) is 32.7 Å². The van der Waals surface area contributed by atoms with Crippen LogP contribution in [0, 0.1) is 12.1 Å². The molecule has 11 heavy (non-hydrogen) atoms. The van der Waals surface area contributed by atoms with E-state index in [1.54, 1.807) is 0 Å². The second kappa shape index (κ2) is 9.12. The van der Waals surface area contributed by atoms with Crippen LogP contribution in [0.25, 0.3) is 0 Å². The summed E-state index contributed by atoms with van der Waals surface area (Å²) in [5, 5.41) is 0. The molecule has 0 aliphatic heterocycles. The van der Waals surface area contributed by atoms with E-state index in [1.807, 2.05) is 13.8 Å². The first kappa shape index (κ1) is 14.6. The third-order valence-corrected chi connectivity index (χ3v) is 1.82. The van der Waals surface area contributed by atoms with E-state index >= 15 is 0 Å². The fourth-order valence-electron chi connectivity index (χ4n) is 1.08. The average molecular weight is 234 g/mol. The Morgan fingerprint density at radius 1 is 1.18 bits per heavy atom. The number of rotatable bonds is 0. The molecule has 0 spiro atoms. The van der Waals surface area contributed by atoms with Gasteiger partial charge in [0.15, 0.2) is 0 Å². The van der Waals surface area contributed by atoms with Crippen LogP contribution in [0.4, 0.5) is 4.39 Å². The van der Waals surface area contributed by atoms with E-state index in [0.717, 1.165) is 31.6 Å². The molecule has 0 heterocycles. The number of hydrogen-bond acceptors (Lipinski definition) is 0. The van der Waals surface area contributed by atoms with Crippen molar-refractivity contribution < 1.29 is 37.1 Å². The number of halogens is 1. The zero-order valence-electron chi connectivity index (χ0n) is 7.86. The van der Waals surface area contributed by atoms with Crippen molar-refractivity contribution in [2.45, 2.75) is 46.5 Å². The minimum atomic E-state index is 0. The second-order valence-corrected chi connectivity index (χ2v) is 2.70. The molecule has 0 aromatic heterocycles. The van der Waals surface area contributed by atoms with Crippen molar-refractivity contribution in [3.8, 4) is 0 Å². The zero-order chi connectivity index (χ0) is 7.98. The molecule has 1 saturated carbocycles. The van der Waals surface area contributed by atoms with Gasteiger partial charge >= 0.3 is 0 Å². The molecule has 0 aromatic carbocycles. The predicted molar refractivity (Wildman–Crippen MR) is 43.3 cm³/mol. The standard InChI is InChI=1S/C7H12F.C2H6.Y/c1-6-2-4-7(8)5-3-6;1-2;/h6H,2-5H2,1H3;1-2H3;/q-1;;. The fraction of sp³-hybridized carbons (Fsp3) is 0.889. The van der Waals surface area contributed by atoms with E-state index < -0.39 is 0 Å². The van der Waals surface area contributed by atoms with Crippen molar-refractivity contribution in [2.24, 2.45) is 5.92 Å². The van der Waals surface area contributed by atoms with Crippen LogP contribution in [-0.4, -0.2) is 0 Å². The Morgan fingerprint density at radius 2 is 1.55 bits per heavy atom. The van der Waals surface area contributed by atoms with Gasteiger partial charge in [0.05, 0.1) is 0 Å². The van der Waals surface area contributed by atoms with Crippen molar-refractivity contribution in [1.82, 2.24) is 0 Å². The molecule has 0 nitrogen and oxygen atoms in total. The molecule has 2 heteroatoms. The Balaban J connectivity index is 0. The SMILES string of the molecule is CC.CC1CC[C-](F)CC1.[Y]. The first-order valence-electron chi connectivity index (χ1n) is 4.29. The molecule has 1 rings (SSSR count). The molecule has 65 valence electrons. The molecule has 1 aliphatic rings. The van der Waals surface area contributed by atoms with Crippen molar-refractivity contribution in [2.75, 3.05) is 0 Å². The molecular weight excluding hydrogens is 216 g/mol. The maximum absolute atomic E-state index is 12.3. The van der Waals surface area contributed by atoms with Crippen molar-refractivity contribution in [3.63, 3.8) is 0 Å². The van der Waals surface area contributed by atoms with Gasteiger partial charge in [-0.15, -0.1) is 12.8 Å². The van der Waals surface area contributed by atoms with Gasteiger partial charge in [0.2, 0.25) is 0 Å². The first-order valence-corrected chi connectivity index (χ1v) is 4.29. The zero-order valence-corrected chi connectivity index (χ0v) is 10.7.